The molecule has 0 aromatic carbocycles. The molecule has 0 aliphatic carbocycles. The second-order valence-corrected chi connectivity index (χ2v) is 6.69. The summed E-state index contributed by atoms with van der Waals surface area (Å²) in [5, 5.41) is 4.52. The standard InChI is InChI=1S/C19H20N6O/c1-14-8-21-9-17(22-14)13-24-10-15(11-24)12-25-19(26)3-2-18(23-25)16-4-6-20-7-5-16/h2-9,15H,10-13H2,1H3. The van der Waals surface area contributed by atoms with Gasteiger partial charge in [0.15, 0.2) is 0 Å². The first kappa shape index (κ1) is 16.5. The van der Waals surface area contributed by atoms with Gasteiger partial charge >= 0.3 is 0 Å². The van der Waals surface area contributed by atoms with Crippen LogP contribution in [0.5, 0.6) is 0 Å². The van der Waals surface area contributed by atoms with E-state index in [0.717, 1.165) is 42.3 Å². The third-order valence-corrected chi connectivity index (χ3v) is 4.50. The predicted octanol–water partition coefficient (Wildman–Crippen LogP) is 1.54. The van der Waals surface area contributed by atoms with Crippen LogP contribution < -0.4 is 5.56 Å². The van der Waals surface area contributed by atoms with Gasteiger partial charge in [-0.25, -0.2) is 4.68 Å². The highest BCUT2D eigenvalue weighted by molar-refractivity contribution is 5.56. The molecule has 0 amide bonds. The Morgan fingerprint density at radius 2 is 1.88 bits per heavy atom. The highest BCUT2D eigenvalue weighted by Gasteiger charge is 2.27. The molecule has 7 heteroatoms. The monoisotopic (exact) mass is 348 g/mol. The van der Waals surface area contributed by atoms with E-state index in [4.69, 9.17) is 0 Å². The van der Waals surface area contributed by atoms with Crippen LogP contribution in [0.1, 0.15) is 11.4 Å². The van der Waals surface area contributed by atoms with Gasteiger partial charge in [0.1, 0.15) is 0 Å². The minimum Gasteiger partial charge on any atom is -0.297 e. The molecular weight excluding hydrogens is 328 g/mol. The molecule has 1 fully saturated rings. The Balaban J connectivity index is 1.39. The molecule has 4 heterocycles. The summed E-state index contributed by atoms with van der Waals surface area (Å²) < 4.78 is 1.57. The fraction of sp³-hybridized carbons (Fsp3) is 0.316. The van der Waals surface area contributed by atoms with E-state index in [9.17, 15) is 4.79 Å². The molecule has 132 valence electrons. The van der Waals surface area contributed by atoms with Crippen LogP contribution in [0.2, 0.25) is 0 Å². The number of rotatable bonds is 5. The van der Waals surface area contributed by atoms with E-state index in [1.54, 1.807) is 35.4 Å². The molecule has 1 aliphatic heterocycles. The molecule has 7 nitrogen and oxygen atoms in total. The lowest BCUT2D eigenvalue weighted by atomic mass is 10.00. The van der Waals surface area contributed by atoms with Crippen molar-refractivity contribution >= 4 is 0 Å². The Labute approximate surface area is 151 Å². The maximum Gasteiger partial charge on any atom is 0.266 e. The van der Waals surface area contributed by atoms with Crippen LogP contribution in [0, 0.1) is 12.8 Å². The van der Waals surface area contributed by atoms with Crippen LogP contribution in [0.3, 0.4) is 0 Å². The molecule has 3 aromatic heterocycles. The number of aryl methyl sites for hydroxylation is 1. The lowest BCUT2D eigenvalue weighted by Crippen LogP contribution is -2.49. The molecule has 0 unspecified atom stereocenters. The molecule has 0 spiro atoms. The molecule has 26 heavy (non-hydrogen) atoms. The second kappa shape index (κ2) is 7.13. The van der Waals surface area contributed by atoms with Crippen LogP contribution in [0.25, 0.3) is 11.3 Å². The number of hydrogen-bond donors (Lipinski definition) is 0. The van der Waals surface area contributed by atoms with Crippen LogP contribution >= 0.6 is 0 Å². The summed E-state index contributed by atoms with van der Waals surface area (Å²) in [4.78, 5) is 27.1. The number of hydrogen-bond acceptors (Lipinski definition) is 6. The zero-order valence-corrected chi connectivity index (χ0v) is 14.6. The maximum atomic E-state index is 12.1. The van der Waals surface area contributed by atoms with Crippen molar-refractivity contribution in [2.24, 2.45) is 5.92 Å². The molecule has 0 N–H and O–H groups in total. The molecule has 0 radical (unpaired) electrons. The zero-order valence-electron chi connectivity index (χ0n) is 14.6. The summed E-state index contributed by atoms with van der Waals surface area (Å²) in [5.41, 5.74) is 3.60. The molecule has 3 aromatic rings. The zero-order chi connectivity index (χ0) is 17.9. The van der Waals surface area contributed by atoms with Crippen molar-refractivity contribution in [2.45, 2.75) is 20.0 Å². The van der Waals surface area contributed by atoms with Gasteiger partial charge in [0.25, 0.3) is 5.56 Å². The van der Waals surface area contributed by atoms with Crippen LogP contribution in [0.15, 0.2) is 53.8 Å². The first-order valence-electron chi connectivity index (χ1n) is 8.66. The van der Waals surface area contributed by atoms with E-state index in [1.807, 2.05) is 25.3 Å². The summed E-state index contributed by atoms with van der Waals surface area (Å²) in [6.45, 7) is 5.24. The molecule has 1 aliphatic rings. The van der Waals surface area contributed by atoms with Crippen molar-refractivity contribution < 1.29 is 0 Å². The SMILES string of the molecule is Cc1cncc(CN2CC(Cn3nc(-c4ccncc4)ccc3=O)C2)n1. The van der Waals surface area contributed by atoms with E-state index in [0.29, 0.717) is 12.5 Å². The lowest BCUT2D eigenvalue weighted by Gasteiger charge is -2.39. The van der Waals surface area contributed by atoms with E-state index >= 15 is 0 Å². The fourth-order valence-electron chi connectivity index (χ4n) is 3.24. The van der Waals surface area contributed by atoms with E-state index in [1.165, 1.54) is 0 Å². The summed E-state index contributed by atoms with van der Waals surface area (Å²) in [6, 6.07) is 7.13. The van der Waals surface area contributed by atoms with E-state index < -0.39 is 0 Å². The normalized spacial score (nSPS) is 15.0. The number of pyridine rings is 1. The first-order chi connectivity index (χ1) is 12.7. The van der Waals surface area contributed by atoms with Gasteiger partial charge in [-0.15, -0.1) is 0 Å². The first-order valence-corrected chi connectivity index (χ1v) is 8.66. The third-order valence-electron chi connectivity index (χ3n) is 4.50. The molecule has 0 bridgehead atoms. The van der Waals surface area contributed by atoms with Gasteiger partial charge in [-0.3, -0.25) is 24.6 Å². The highest BCUT2D eigenvalue weighted by Crippen LogP contribution is 2.19. The molecular formula is C19H20N6O. The van der Waals surface area contributed by atoms with E-state index in [-0.39, 0.29) is 5.56 Å². The van der Waals surface area contributed by atoms with Crippen molar-refractivity contribution in [3.05, 3.63) is 70.8 Å². The predicted molar refractivity (Wildman–Crippen MR) is 97.3 cm³/mol. The maximum absolute atomic E-state index is 12.1. The van der Waals surface area contributed by atoms with Gasteiger partial charge in [0.05, 0.1) is 23.6 Å². The van der Waals surface area contributed by atoms with Gasteiger partial charge in [-0.05, 0) is 25.1 Å². The van der Waals surface area contributed by atoms with Gasteiger partial charge in [0, 0.05) is 62.0 Å². The lowest BCUT2D eigenvalue weighted by molar-refractivity contribution is 0.0753. The molecule has 1 saturated heterocycles. The summed E-state index contributed by atoms with van der Waals surface area (Å²) in [5.74, 6) is 0.422. The van der Waals surface area contributed by atoms with Crippen molar-refractivity contribution in [1.29, 1.82) is 0 Å². The third kappa shape index (κ3) is 3.67. The Kier molecular flexibility index (Phi) is 4.53. The molecule has 0 atom stereocenters. The average molecular weight is 348 g/mol. The average Bonchev–Trinajstić information content (AvgIpc) is 2.62. The minimum absolute atomic E-state index is 0.0641. The van der Waals surface area contributed by atoms with Crippen LogP contribution in [-0.2, 0) is 13.1 Å². The number of nitrogens with zero attached hydrogens (tertiary/aromatic N) is 6. The number of aromatic nitrogens is 5. The van der Waals surface area contributed by atoms with Crippen LogP contribution in [0.4, 0.5) is 0 Å². The van der Waals surface area contributed by atoms with Gasteiger partial charge in [-0.1, -0.05) is 0 Å². The van der Waals surface area contributed by atoms with Crippen molar-refractivity contribution in [2.75, 3.05) is 13.1 Å². The Morgan fingerprint density at radius 3 is 2.65 bits per heavy atom. The van der Waals surface area contributed by atoms with Crippen molar-refractivity contribution in [1.82, 2.24) is 29.6 Å². The molecule has 0 saturated carbocycles. The van der Waals surface area contributed by atoms with Crippen LogP contribution in [-0.4, -0.2) is 42.7 Å². The Bertz CT molecular complexity index is 949. The smallest absolute Gasteiger partial charge is 0.266 e. The largest absolute Gasteiger partial charge is 0.297 e. The minimum atomic E-state index is -0.0641. The second-order valence-electron chi connectivity index (χ2n) is 6.69. The highest BCUT2D eigenvalue weighted by atomic mass is 16.1. The van der Waals surface area contributed by atoms with Gasteiger partial charge in [0.2, 0.25) is 0 Å². The summed E-state index contributed by atoms with van der Waals surface area (Å²) in [6.07, 6.45) is 7.02. The summed E-state index contributed by atoms with van der Waals surface area (Å²) in [7, 11) is 0. The van der Waals surface area contributed by atoms with Gasteiger partial charge in [-0.2, -0.15) is 5.10 Å². The molecule has 4 rings (SSSR count). The fourth-order valence-corrected chi connectivity index (χ4v) is 3.24. The Morgan fingerprint density at radius 1 is 1.08 bits per heavy atom. The number of likely N-dealkylation sites (tertiary alicyclic amines) is 1. The van der Waals surface area contributed by atoms with E-state index in [2.05, 4.69) is 25.0 Å². The quantitative estimate of drug-likeness (QED) is 0.696. The summed E-state index contributed by atoms with van der Waals surface area (Å²) >= 11 is 0. The topological polar surface area (TPSA) is 76.8 Å². The van der Waals surface area contributed by atoms with Gasteiger partial charge < -0.3 is 0 Å². The van der Waals surface area contributed by atoms with Crippen molar-refractivity contribution in [3.8, 4) is 11.3 Å². The Hall–Kier alpha value is -2.93. The van der Waals surface area contributed by atoms with Crippen molar-refractivity contribution in [3.63, 3.8) is 0 Å².